The fourth-order valence-corrected chi connectivity index (χ4v) is 1.23. The van der Waals surface area contributed by atoms with Crippen LogP contribution < -0.4 is 5.73 Å². The summed E-state index contributed by atoms with van der Waals surface area (Å²) >= 11 is 11.5. The largest absolute Gasteiger partial charge is 0.324 e. The predicted octanol–water partition coefficient (Wildman–Crippen LogP) is 2.41. The van der Waals surface area contributed by atoms with Crippen molar-refractivity contribution in [1.29, 1.82) is 0 Å². The van der Waals surface area contributed by atoms with Crippen molar-refractivity contribution in [3.05, 3.63) is 28.0 Å². The highest BCUT2D eigenvalue weighted by Crippen LogP contribution is 2.26. The van der Waals surface area contributed by atoms with Crippen LogP contribution in [0.5, 0.6) is 0 Å². The minimum Gasteiger partial charge on any atom is -0.324 e. The van der Waals surface area contributed by atoms with Gasteiger partial charge in [0.25, 0.3) is 0 Å². The minimum atomic E-state index is -0.108. The van der Waals surface area contributed by atoms with E-state index < -0.39 is 0 Å². The Morgan fingerprint density at radius 3 is 2.64 bits per heavy atom. The van der Waals surface area contributed by atoms with Gasteiger partial charge >= 0.3 is 0 Å². The summed E-state index contributed by atoms with van der Waals surface area (Å²) in [5, 5.41) is 0.755. The first-order chi connectivity index (χ1) is 5.13. The second-order valence-corrected chi connectivity index (χ2v) is 3.03. The maximum atomic E-state index is 5.81. The van der Waals surface area contributed by atoms with E-state index in [2.05, 4.69) is 4.98 Å². The zero-order valence-electron chi connectivity index (χ0n) is 6.01. The molecule has 1 aromatic heterocycles. The third-order valence-electron chi connectivity index (χ3n) is 1.37. The van der Waals surface area contributed by atoms with E-state index in [9.17, 15) is 0 Å². The lowest BCUT2D eigenvalue weighted by atomic mass is 10.1. The van der Waals surface area contributed by atoms with Gasteiger partial charge in [0.1, 0.15) is 5.15 Å². The molecule has 0 saturated heterocycles. The number of rotatable bonds is 1. The summed E-state index contributed by atoms with van der Waals surface area (Å²) in [4.78, 5) is 3.80. The number of nitrogens with zero attached hydrogens (tertiary/aromatic N) is 1. The second-order valence-electron chi connectivity index (χ2n) is 2.29. The average molecular weight is 191 g/mol. The van der Waals surface area contributed by atoms with E-state index in [1.54, 1.807) is 12.3 Å². The van der Waals surface area contributed by atoms with Gasteiger partial charge in [0, 0.05) is 12.2 Å². The van der Waals surface area contributed by atoms with Crippen LogP contribution in [0.4, 0.5) is 0 Å². The number of pyridine rings is 1. The van der Waals surface area contributed by atoms with Gasteiger partial charge in [0.2, 0.25) is 0 Å². The lowest BCUT2D eigenvalue weighted by Gasteiger charge is -2.07. The molecule has 0 amide bonds. The van der Waals surface area contributed by atoms with Crippen molar-refractivity contribution in [2.75, 3.05) is 0 Å². The molecule has 1 aromatic rings. The van der Waals surface area contributed by atoms with Crippen molar-refractivity contribution in [3.8, 4) is 0 Å². The molecule has 60 valence electrons. The first kappa shape index (κ1) is 8.78. The number of halogens is 2. The van der Waals surface area contributed by atoms with E-state index in [1.165, 1.54) is 0 Å². The first-order valence-corrected chi connectivity index (χ1v) is 3.94. The third kappa shape index (κ3) is 1.83. The number of hydrogen-bond acceptors (Lipinski definition) is 2. The molecule has 11 heavy (non-hydrogen) atoms. The highest BCUT2D eigenvalue weighted by molar-refractivity contribution is 6.41. The summed E-state index contributed by atoms with van der Waals surface area (Å²) in [6.45, 7) is 1.84. The normalized spacial score (nSPS) is 13.1. The van der Waals surface area contributed by atoms with Gasteiger partial charge in [-0.05, 0) is 18.6 Å². The standard InChI is InChI=1S/C7H8Cl2N2/c1-4(10)5-2-3-11-7(9)6(5)8/h2-4H,10H2,1H3. The summed E-state index contributed by atoms with van der Waals surface area (Å²) in [6.07, 6.45) is 1.59. The van der Waals surface area contributed by atoms with Gasteiger partial charge in [0.05, 0.1) is 5.02 Å². The van der Waals surface area contributed by atoms with Gasteiger partial charge in [0.15, 0.2) is 0 Å². The van der Waals surface area contributed by atoms with Crippen LogP contribution in [0, 0.1) is 0 Å². The predicted molar refractivity (Wildman–Crippen MR) is 46.9 cm³/mol. The Labute approximate surface area is 75.3 Å². The molecule has 2 nitrogen and oxygen atoms in total. The quantitative estimate of drug-likeness (QED) is 0.692. The fraction of sp³-hybridized carbons (Fsp3) is 0.286. The van der Waals surface area contributed by atoms with Gasteiger partial charge in [-0.1, -0.05) is 23.2 Å². The van der Waals surface area contributed by atoms with E-state index in [1.807, 2.05) is 6.92 Å². The number of aromatic nitrogens is 1. The molecule has 0 aliphatic carbocycles. The average Bonchev–Trinajstić information content (AvgIpc) is 1.94. The van der Waals surface area contributed by atoms with Crippen molar-refractivity contribution in [2.24, 2.45) is 5.73 Å². The van der Waals surface area contributed by atoms with Crippen molar-refractivity contribution in [3.63, 3.8) is 0 Å². The van der Waals surface area contributed by atoms with Crippen LogP contribution in [0.2, 0.25) is 10.2 Å². The van der Waals surface area contributed by atoms with Crippen molar-refractivity contribution in [1.82, 2.24) is 4.98 Å². The Balaban J connectivity index is 3.17. The summed E-state index contributed by atoms with van der Waals surface area (Å²) in [6, 6.07) is 1.65. The van der Waals surface area contributed by atoms with Gasteiger partial charge in [-0.2, -0.15) is 0 Å². The monoisotopic (exact) mass is 190 g/mol. The summed E-state index contributed by atoms with van der Waals surface area (Å²) in [5.74, 6) is 0. The molecule has 0 fully saturated rings. The molecule has 1 unspecified atom stereocenters. The second kappa shape index (κ2) is 3.39. The third-order valence-corrected chi connectivity index (χ3v) is 2.15. The summed E-state index contributed by atoms with van der Waals surface area (Å²) in [5.41, 5.74) is 6.44. The van der Waals surface area contributed by atoms with E-state index in [-0.39, 0.29) is 6.04 Å². The zero-order chi connectivity index (χ0) is 8.43. The lowest BCUT2D eigenvalue weighted by molar-refractivity contribution is 0.816. The van der Waals surface area contributed by atoms with Gasteiger partial charge in [-0.15, -0.1) is 0 Å². The van der Waals surface area contributed by atoms with E-state index in [0.29, 0.717) is 10.2 Å². The van der Waals surface area contributed by atoms with Crippen molar-refractivity contribution >= 4 is 23.2 Å². The van der Waals surface area contributed by atoms with Crippen LogP contribution in [0.1, 0.15) is 18.5 Å². The van der Waals surface area contributed by atoms with Gasteiger partial charge in [-0.25, -0.2) is 4.98 Å². The van der Waals surface area contributed by atoms with Gasteiger partial charge < -0.3 is 5.73 Å². The van der Waals surface area contributed by atoms with Crippen LogP contribution in [0.3, 0.4) is 0 Å². The molecule has 0 radical (unpaired) electrons. The molecule has 0 bridgehead atoms. The van der Waals surface area contributed by atoms with Crippen LogP contribution in [0.15, 0.2) is 12.3 Å². The topological polar surface area (TPSA) is 38.9 Å². The minimum absolute atomic E-state index is 0.108. The molecule has 1 heterocycles. The zero-order valence-corrected chi connectivity index (χ0v) is 7.52. The molecular formula is C7H8Cl2N2. The van der Waals surface area contributed by atoms with Crippen LogP contribution in [-0.2, 0) is 0 Å². The molecule has 2 N–H and O–H groups in total. The highest BCUT2D eigenvalue weighted by atomic mass is 35.5. The Bertz CT molecular complexity index is 261. The molecule has 0 saturated carbocycles. The number of nitrogens with two attached hydrogens (primary N) is 1. The maximum Gasteiger partial charge on any atom is 0.147 e. The molecule has 1 atom stereocenters. The maximum absolute atomic E-state index is 5.81. The van der Waals surface area contributed by atoms with Crippen molar-refractivity contribution < 1.29 is 0 Å². The van der Waals surface area contributed by atoms with Crippen LogP contribution >= 0.6 is 23.2 Å². The Kier molecular flexibility index (Phi) is 2.71. The van der Waals surface area contributed by atoms with Gasteiger partial charge in [-0.3, -0.25) is 0 Å². The summed E-state index contributed by atoms with van der Waals surface area (Å²) < 4.78 is 0. The molecule has 0 aliphatic rings. The molecular weight excluding hydrogens is 183 g/mol. The Hall–Kier alpha value is -0.310. The smallest absolute Gasteiger partial charge is 0.147 e. The van der Waals surface area contributed by atoms with E-state index in [0.717, 1.165) is 5.56 Å². The number of hydrogen-bond donors (Lipinski definition) is 1. The Morgan fingerprint density at radius 1 is 1.55 bits per heavy atom. The summed E-state index contributed by atoms with van der Waals surface area (Å²) in [7, 11) is 0. The van der Waals surface area contributed by atoms with Crippen LogP contribution in [0.25, 0.3) is 0 Å². The van der Waals surface area contributed by atoms with E-state index >= 15 is 0 Å². The first-order valence-electron chi connectivity index (χ1n) is 3.18. The molecule has 1 rings (SSSR count). The SMILES string of the molecule is CC(N)c1ccnc(Cl)c1Cl. The van der Waals surface area contributed by atoms with Crippen molar-refractivity contribution in [2.45, 2.75) is 13.0 Å². The molecule has 0 spiro atoms. The fourth-order valence-electron chi connectivity index (χ4n) is 0.784. The Morgan fingerprint density at radius 2 is 2.18 bits per heavy atom. The van der Waals surface area contributed by atoms with Crippen LogP contribution in [-0.4, -0.2) is 4.98 Å². The highest BCUT2D eigenvalue weighted by Gasteiger charge is 2.07. The molecule has 0 aromatic carbocycles. The molecule has 0 aliphatic heterocycles. The lowest BCUT2D eigenvalue weighted by Crippen LogP contribution is -2.05. The molecule has 4 heteroatoms. The van der Waals surface area contributed by atoms with E-state index in [4.69, 9.17) is 28.9 Å².